The maximum atomic E-state index is 13.1. The standard InChI is InChI=1S/C26H36FN3O2/c1-3-7-20(12-17-26(31)30(2)21-8-5-4-6-9-21)29-25-18-23(15-16-24(25)28)32-22-13-10-19(27)11-14-22/h10-11,13-16,18,20-21,29H,3-9,12,17,28H2,1-2H3. The molecule has 2 aromatic rings. The molecule has 2 aromatic carbocycles. The van der Waals surface area contributed by atoms with Crippen molar-refractivity contribution in [3.63, 3.8) is 0 Å². The molecule has 6 heteroatoms. The largest absolute Gasteiger partial charge is 0.457 e. The SMILES string of the molecule is CCCC(CCC(=O)N(C)C1CCCCC1)Nc1cc(Oc2ccc(F)cc2)ccc1N. The number of nitrogens with zero attached hydrogens (tertiary/aromatic N) is 1. The summed E-state index contributed by atoms with van der Waals surface area (Å²) in [6, 6.07) is 11.9. The van der Waals surface area contributed by atoms with Crippen molar-refractivity contribution in [2.24, 2.45) is 0 Å². The quantitative estimate of drug-likeness (QED) is 0.422. The lowest BCUT2D eigenvalue weighted by molar-refractivity contribution is -0.132. The lowest BCUT2D eigenvalue weighted by atomic mass is 9.94. The zero-order valence-corrected chi connectivity index (χ0v) is 19.3. The predicted octanol–water partition coefficient (Wildman–Crippen LogP) is 6.35. The Hall–Kier alpha value is -2.76. The first-order valence-corrected chi connectivity index (χ1v) is 11.8. The summed E-state index contributed by atoms with van der Waals surface area (Å²) in [6.45, 7) is 2.14. The highest BCUT2D eigenvalue weighted by Crippen LogP contribution is 2.30. The minimum Gasteiger partial charge on any atom is -0.457 e. The number of amides is 1. The summed E-state index contributed by atoms with van der Waals surface area (Å²) >= 11 is 0. The van der Waals surface area contributed by atoms with E-state index in [4.69, 9.17) is 10.5 Å². The van der Waals surface area contributed by atoms with Crippen molar-refractivity contribution in [2.45, 2.75) is 76.8 Å². The van der Waals surface area contributed by atoms with Gasteiger partial charge >= 0.3 is 0 Å². The molecule has 1 aliphatic carbocycles. The molecule has 0 aromatic heterocycles. The third-order valence-corrected chi connectivity index (χ3v) is 6.29. The lowest BCUT2D eigenvalue weighted by Gasteiger charge is -2.32. The van der Waals surface area contributed by atoms with Crippen molar-refractivity contribution in [1.29, 1.82) is 0 Å². The van der Waals surface area contributed by atoms with Crippen molar-refractivity contribution in [3.05, 3.63) is 48.3 Å². The molecule has 0 radical (unpaired) electrons. The molecule has 1 saturated carbocycles. The van der Waals surface area contributed by atoms with Crippen molar-refractivity contribution < 1.29 is 13.9 Å². The number of benzene rings is 2. The van der Waals surface area contributed by atoms with E-state index in [1.54, 1.807) is 24.3 Å². The van der Waals surface area contributed by atoms with Crippen LogP contribution in [-0.2, 0) is 4.79 Å². The average molecular weight is 442 g/mol. The molecule has 174 valence electrons. The molecule has 0 bridgehead atoms. The van der Waals surface area contributed by atoms with E-state index in [1.807, 2.05) is 18.0 Å². The number of nitrogen functional groups attached to an aromatic ring is 1. The van der Waals surface area contributed by atoms with Crippen LogP contribution in [0.5, 0.6) is 11.5 Å². The van der Waals surface area contributed by atoms with E-state index in [1.165, 1.54) is 31.4 Å². The number of nitrogens with one attached hydrogen (secondary N) is 1. The molecule has 1 aliphatic rings. The summed E-state index contributed by atoms with van der Waals surface area (Å²) in [5.41, 5.74) is 7.62. The number of carbonyl (C=O) groups is 1. The van der Waals surface area contributed by atoms with E-state index in [0.29, 0.717) is 29.6 Å². The second-order valence-corrected chi connectivity index (χ2v) is 8.77. The number of nitrogens with two attached hydrogens (primary N) is 1. The molecule has 0 spiro atoms. The van der Waals surface area contributed by atoms with Crippen LogP contribution in [-0.4, -0.2) is 29.9 Å². The van der Waals surface area contributed by atoms with Gasteiger partial charge in [-0.2, -0.15) is 0 Å². The molecule has 3 N–H and O–H groups in total. The Morgan fingerprint density at radius 3 is 2.50 bits per heavy atom. The van der Waals surface area contributed by atoms with Gasteiger partial charge in [-0.1, -0.05) is 32.6 Å². The van der Waals surface area contributed by atoms with Gasteiger partial charge in [0.25, 0.3) is 0 Å². The topological polar surface area (TPSA) is 67.6 Å². The molecule has 32 heavy (non-hydrogen) atoms. The van der Waals surface area contributed by atoms with Crippen molar-refractivity contribution >= 4 is 17.3 Å². The first-order chi connectivity index (χ1) is 15.5. The minimum atomic E-state index is -0.303. The van der Waals surface area contributed by atoms with E-state index in [9.17, 15) is 9.18 Å². The molecule has 1 fully saturated rings. The van der Waals surface area contributed by atoms with Crippen LogP contribution in [0.2, 0.25) is 0 Å². The lowest BCUT2D eigenvalue weighted by Crippen LogP contribution is -2.38. The van der Waals surface area contributed by atoms with Gasteiger partial charge in [0.1, 0.15) is 17.3 Å². The van der Waals surface area contributed by atoms with Crippen LogP contribution in [0.3, 0.4) is 0 Å². The summed E-state index contributed by atoms with van der Waals surface area (Å²) in [7, 11) is 1.95. The summed E-state index contributed by atoms with van der Waals surface area (Å²) < 4.78 is 19.0. The third kappa shape index (κ3) is 6.87. The van der Waals surface area contributed by atoms with Crippen LogP contribution in [0.25, 0.3) is 0 Å². The third-order valence-electron chi connectivity index (χ3n) is 6.29. The molecule has 1 atom stereocenters. The molecule has 0 aliphatic heterocycles. The summed E-state index contributed by atoms with van der Waals surface area (Å²) in [6.07, 6.45) is 9.20. The number of anilines is 2. The van der Waals surface area contributed by atoms with E-state index < -0.39 is 0 Å². The fourth-order valence-electron chi connectivity index (χ4n) is 4.37. The minimum absolute atomic E-state index is 0.145. The molecule has 5 nitrogen and oxygen atoms in total. The highest BCUT2D eigenvalue weighted by atomic mass is 19.1. The van der Waals surface area contributed by atoms with Crippen molar-refractivity contribution in [1.82, 2.24) is 4.90 Å². The Morgan fingerprint density at radius 2 is 1.81 bits per heavy atom. The Morgan fingerprint density at radius 1 is 1.12 bits per heavy atom. The molecular formula is C26H36FN3O2. The normalized spacial score (nSPS) is 15.2. The second-order valence-electron chi connectivity index (χ2n) is 8.77. The monoisotopic (exact) mass is 441 g/mol. The zero-order valence-electron chi connectivity index (χ0n) is 19.3. The van der Waals surface area contributed by atoms with Crippen molar-refractivity contribution in [3.8, 4) is 11.5 Å². The number of halogens is 1. The van der Waals surface area contributed by atoms with E-state index in [0.717, 1.165) is 37.8 Å². The number of hydrogen-bond acceptors (Lipinski definition) is 4. The Bertz CT molecular complexity index is 866. The average Bonchev–Trinajstić information content (AvgIpc) is 2.81. The van der Waals surface area contributed by atoms with Crippen LogP contribution >= 0.6 is 0 Å². The highest BCUT2D eigenvalue weighted by Gasteiger charge is 2.22. The molecule has 0 heterocycles. The van der Waals surface area contributed by atoms with Gasteiger partial charge in [-0.25, -0.2) is 4.39 Å². The Labute approximate surface area is 191 Å². The van der Waals surface area contributed by atoms with Gasteiger partial charge in [-0.05, 0) is 62.1 Å². The molecule has 1 amide bonds. The fraction of sp³-hybridized carbons (Fsp3) is 0.500. The first kappa shape index (κ1) is 23.9. The molecule has 3 rings (SSSR count). The molecule has 1 unspecified atom stereocenters. The van der Waals surface area contributed by atoms with Crippen LogP contribution in [0.4, 0.5) is 15.8 Å². The van der Waals surface area contributed by atoms with Crippen LogP contribution in [0.15, 0.2) is 42.5 Å². The van der Waals surface area contributed by atoms with E-state index >= 15 is 0 Å². The van der Waals surface area contributed by atoms with Crippen LogP contribution < -0.4 is 15.8 Å². The Balaban J connectivity index is 1.60. The van der Waals surface area contributed by atoms with Gasteiger partial charge in [0.05, 0.1) is 11.4 Å². The van der Waals surface area contributed by atoms with E-state index in [-0.39, 0.29) is 17.8 Å². The number of ether oxygens (including phenoxy) is 1. The smallest absolute Gasteiger partial charge is 0.222 e. The number of rotatable bonds is 10. The van der Waals surface area contributed by atoms with Crippen LogP contribution in [0.1, 0.15) is 64.7 Å². The van der Waals surface area contributed by atoms with Crippen LogP contribution in [0, 0.1) is 5.82 Å². The maximum absolute atomic E-state index is 13.1. The van der Waals surface area contributed by atoms with Gasteiger partial charge in [0.15, 0.2) is 0 Å². The summed E-state index contributed by atoms with van der Waals surface area (Å²) in [4.78, 5) is 14.7. The predicted molar refractivity (Wildman–Crippen MR) is 129 cm³/mol. The maximum Gasteiger partial charge on any atom is 0.222 e. The highest BCUT2D eigenvalue weighted by molar-refractivity contribution is 5.76. The van der Waals surface area contributed by atoms with Gasteiger partial charge in [0, 0.05) is 31.6 Å². The molecule has 0 saturated heterocycles. The van der Waals surface area contributed by atoms with Gasteiger partial charge in [-0.3, -0.25) is 4.79 Å². The summed E-state index contributed by atoms with van der Waals surface area (Å²) in [5.74, 6) is 1.10. The number of hydrogen-bond donors (Lipinski definition) is 2. The Kier molecular flexibility index (Phi) is 8.77. The van der Waals surface area contributed by atoms with Gasteiger partial charge in [0.2, 0.25) is 5.91 Å². The zero-order chi connectivity index (χ0) is 22.9. The fourth-order valence-corrected chi connectivity index (χ4v) is 4.37. The summed E-state index contributed by atoms with van der Waals surface area (Å²) in [5, 5.41) is 3.52. The van der Waals surface area contributed by atoms with Gasteiger partial charge in [-0.15, -0.1) is 0 Å². The van der Waals surface area contributed by atoms with Crippen molar-refractivity contribution in [2.75, 3.05) is 18.1 Å². The van der Waals surface area contributed by atoms with E-state index in [2.05, 4.69) is 12.2 Å². The first-order valence-electron chi connectivity index (χ1n) is 11.8. The molecular weight excluding hydrogens is 405 g/mol. The second kappa shape index (κ2) is 11.7. The number of carbonyl (C=O) groups excluding carboxylic acids is 1. The van der Waals surface area contributed by atoms with Gasteiger partial charge < -0.3 is 20.7 Å².